The van der Waals surface area contributed by atoms with E-state index in [9.17, 15) is 26.4 Å². The van der Waals surface area contributed by atoms with Crippen molar-refractivity contribution in [3.8, 4) is 0 Å². The van der Waals surface area contributed by atoms with Gasteiger partial charge in [-0.25, -0.2) is 26.3 Å². The molecular weight excluding hydrogens is 560 g/mol. The van der Waals surface area contributed by atoms with Gasteiger partial charge in [0.1, 0.15) is 9.81 Å². The molecule has 2 saturated heterocycles. The average molecular weight is 593 g/mol. The van der Waals surface area contributed by atoms with E-state index >= 15 is 0 Å². The molecule has 0 spiro atoms. The summed E-state index contributed by atoms with van der Waals surface area (Å²) in [6.07, 6.45) is 6.25. The van der Waals surface area contributed by atoms with Crippen molar-refractivity contribution in [1.29, 1.82) is 0 Å². The monoisotopic (exact) mass is 592 g/mol. The molecule has 40 heavy (non-hydrogen) atoms. The van der Waals surface area contributed by atoms with Gasteiger partial charge in [0.05, 0.1) is 26.4 Å². The molecule has 2 atom stereocenters. The number of morpholine rings is 2. The minimum Gasteiger partial charge on any atom is -0.379 e. The lowest BCUT2D eigenvalue weighted by Crippen LogP contribution is -2.44. The number of allylic oxidation sites excluding steroid dienone is 2. The lowest BCUT2D eigenvalue weighted by molar-refractivity contribution is -0.110. The van der Waals surface area contributed by atoms with Gasteiger partial charge < -0.3 is 20.1 Å². The minimum absolute atomic E-state index is 0.0170. The fourth-order valence-corrected chi connectivity index (χ4v) is 7.60. The summed E-state index contributed by atoms with van der Waals surface area (Å²) in [7, 11) is -8.80. The summed E-state index contributed by atoms with van der Waals surface area (Å²) in [5.74, 6) is -1.37. The molecule has 1 aromatic rings. The molecule has 5 rings (SSSR count). The van der Waals surface area contributed by atoms with Gasteiger partial charge in [0.2, 0.25) is 25.8 Å². The summed E-state index contributed by atoms with van der Waals surface area (Å²) in [5, 5.41) is 7.04. The molecule has 14 heteroatoms. The van der Waals surface area contributed by atoms with Gasteiger partial charge in [0.25, 0.3) is 0 Å². The Morgan fingerprint density at radius 3 is 2.02 bits per heavy atom. The molecule has 4 N–H and O–H groups in total. The number of ether oxygens (including phenoxy) is 2. The zero-order chi connectivity index (χ0) is 28.3. The van der Waals surface area contributed by atoms with Gasteiger partial charge in [-0.2, -0.15) is 0 Å². The maximum atomic E-state index is 13.6. The third-order valence-electron chi connectivity index (χ3n) is 7.07. The third-order valence-corrected chi connectivity index (χ3v) is 10.1. The number of hydrogen-bond acceptors (Lipinski definition) is 10. The summed E-state index contributed by atoms with van der Waals surface area (Å²) in [4.78, 5) is 24.3. The van der Waals surface area contributed by atoms with E-state index in [4.69, 9.17) is 9.47 Å². The van der Waals surface area contributed by atoms with Crippen LogP contribution in [0, 0.1) is 0 Å². The molecule has 1 aromatic carbocycles. The van der Waals surface area contributed by atoms with E-state index in [2.05, 4.69) is 20.1 Å². The Morgan fingerprint density at radius 1 is 0.800 bits per heavy atom. The van der Waals surface area contributed by atoms with Crippen LogP contribution in [-0.2, 0) is 39.1 Å². The van der Waals surface area contributed by atoms with Gasteiger partial charge in [-0.3, -0.25) is 9.59 Å². The highest BCUT2D eigenvalue weighted by molar-refractivity contribution is 8.01. The van der Waals surface area contributed by atoms with Crippen molar-refractivity contribution in [2.24, 2.45) is 0 Å². The predicted octanol–water partition coefficient (Wildman–Crippen LogP) is -2.31. The van der Waals surface area contributed by atoms with E-state index in [1.165, 1.54) is 36.4 Å². The van der Waals surface area contributed by atoms with Crippen LogP contribution in [0.4, 0.5) is 0 Å². The Labute approximate surface area is 232 Å². The quantitative estimate of drug-likeness (QED) is 0.232. The van der Waals surface area contributed by atoms with Crippen LogP contribution in [0.2, 0.25) is 0 Å². The number of benzene rings is 1. The topological polar surface area (TPSA) is 169 Å². The highest BCUT2D eigenvalue weighted by Crippen LogP contribution is 2.24. The van der Waals surface area contributed by atoms with Crippen molar-refractivity contribution in [2.75, 3.05) is 52.6 Å². The van der Waals surface area contributed by atoms with E-state index in [-0.39, 0.29) is 41.7 Å². The fraction of sp³-hybridized carbons (Fsp3) is 0.462. The van der Waals surface area contributed by atoms with Crippen LogP contribution in [0.1, 0.15) is 24.0 Å². The lowest BCUT2D eigenvalue weighted by atomic mass is 9.97. The van der Waals surface area contributed by atoms with E-state index in [0.717, 1.165) is 0 Å². The standard InChI is InChI=1S/C26H32N4O8S2/c31-22-2-1-17-13-23-19(11-18(17)12-22)14-24(39(33,34)29-5-3-20-15-37-9-7-27-20)25(32)26(23)40(35,36)30-6-4-21-16-38-10-8-28-21/h1-2,11-14,20-21,27-30H,3-10,15-16H2. The Balaban J connectivity index is 1.46. The van der Waals surface area contributed by atoms with Gasteiger partial charge in [-0.05, 0) is 59.5 Å². The van der Waals surface area contributed by atoms with Crippen LogP contribution in [-0.4, -0.2) is 93.1 Å². The molecule has 0 aromatic heterocycles. The van der Waals surface area contributed by atoms with Crippen molar-refractivity contribution in [3.05, 3.63) is 44.7 Å². The summed E-state index contributed by atoms with van der Waals surface area (Å²) in [6, 6.07) is 2.92. The normalized spacial score (nSPS) is 23.3. The maximum absolute atomic E-state index is 13.6. The number of sulfonamides is 2. The molecule has 2 unspecified atom stereocenters. The largest absolute Gasteiger partial charge is 0.379 e. The number of nitrogens with one attached hydrogen (secondary N) is 4. The summed E-state index contributed by atoms with van der Waals surface area (Å²) >= 11 is 0. The SMILES string of the molecule is O=C1C=Cc2cc3c(cc2=C1)C=C(S(=O)(=O)NCCC1COCCN1)C(=O)C=3S(=O)(=O)NCCC1COCCN1. The van der Waals surface area contributed by atoms with Crippen molar-refractivity contribution in [3.63, 3.8) is 0 Å². The molecular formula is C26H32N4O8S2. The second-order valence-corrected chi connectivity index (χ2v) is 13.4. The van der Waals surface area contributed by atoms with Crippen LogP contribution in [0.25, 0.3) is 23.1 Å². The number of carbonyl (C=O) groups excluding carboxylic acids is 2. The molecule has 0 bridgehead atoms. The molecule has 2 fully saturated rings. The van der Waals surface area contributed by atoms with Crippen LogP contribution < -0.4 is 30.5 Å². The Kier molecular flexibility index (Phi) is 8.78. The molecule has 0 saturated carbocycles. The highest BCUT2D eigenvalue weighted by Gasteiger charge is 2.37. The van der Waals surface area contributed by atoms with Gasteiger partial charge in [-0.15, -0.1) is 0 Å². The first-order valence-corrected chi connectivity index (χ1v) is 16.1. The van der Waals surface area contributed by atoms with E-state index < -0.39 is 35.6 Å². The molecule has 12 nitrogen and oxygen atoms in total. The maximum Gasteiger partial charge on any atom is 0.245 e. The fourth-order valence-electron chi connectivity index (χ4n) is 5.01. The average Bonchev–Trinajstić information content (AvgIpc) is 2.92. The van der Waals surface area contributed by atoms with Crippen molar-refractivity contribution in [2.45, 2.75) is 24.9 Å². The van der Waals surface area contributed by atoms with Crippen LogP contribution in [0.15, 0.2) is 23.1 Å². The van der Waals surface area contributed by atoms with Gasteiger partial charge in [0.15, 0.2) is 5.78 Å². The first kappa shape index (κ1) is 29.0. The van der Waals surface area contributed by atoms with Crippen molar-refractivity contribution >= 4 is 54.7 Å². The first-order chi connectivity index (χ1) is 19.1. The first-order valence-electron chi connectivity index (χ1n) is 13.1. The zero-order valence-corrected chi connectivity index (χ0v) is 23.4. The summed E-state index contributed by atoms with van der Waals surface area (Å²) in [5.41, 5.74) is 0.755. The molecule has 0 radical (unpaired) electrons. The Hall–Kier alpha value is -2.56. The van der Waals surface area contributed by atoms with Gasteiger partial charge in [-0.1, -0.05) is 6.08 Å². The van der Waals surface area contributed by atoms with Crippen LogP contribution in [0.3, 0.4) is 0 Å². The van der Waals surface area contributed by atoms with Crippen LogP contribution >= 0.6 is 0 Å². The van der Waals surface area contributed by atoms with E-state index in [1.807, 2.05) is 0 Å². The molecule has 4 aliphatic rings. The van der Waals surface area contributed by atoms with E-state index in [1.54, 1.807) is 0 Å². The van der Waals surface area contributed by atoms with Crippen molar-refractivity contribution < 1.29 is 35.9 Å². The molecule has 216 valence electrons. The number of carbonyl (C=O) groups is 2. The minimum atomic E-state index is -4.43. The van der Waals surface area contributed by atoms with Crippen molar-refractivity contribution in [1.82, 2.24) is 20.1 Å². The number of ketones is 2. The van der Waals surface area contributed by atoms with Gasteiger partial charge >= 0.3 is 0 Å². The van der Waals surface area contributed by atoms with Crippen LogP contribution in [0.5, 0.6) is 0 Å². The zero-order valence-electron chi connectivity index (χ0n) is 21.8. The predicted molar refractivity (Wildman–Crippen MR) is 149 cm³/mol. The number of hydrogen-bond donors (Lipinski definition) is 4. The highest BCUT2D eigenvalue weighted by atomic mass is 32.2. The molecule has 2 aliphatic heterocycles. The third kappa shape index (κ3) is 6.50. The molecule has 0 amide bonds. The molecule has 2 heterocycles. The second-order valence-electron chi connectivity index (χ2n) is 9.94. The Morgan fingerprint density at radius 2 is 1.43 bits per heavy atom. The summed E-state index contributed by atoms with van der Waals surface area (Å²) in [6.45, 7) is 3.39. The smallest absolute Gasteiger partial charge is 0.245 e. The lowest BCUT2D eigenvalue weighted by Gasteiger charge is -2.24. The summed E-state index contributed by atoms with van der Waals surface area (Å²) < 4.78 is 69.4. The van der Waals surface area contributed by atoms with Gasteiger partial charge in [0, 0.05) is 43.5 Å². The second kappa shape index (κ2) is 12.1. The van der Waals surface area contributed by atoms with E-state index in [0.29, 0.717) is 63.1 Å². The number of rotatable bonds is 10. The number of fused-ring (bicyclic) bond motifs is 2. The Bertz CT molecular complexity index is 1590. The molecule has 2 aliphatic carbocycles. The number of Topliss-reactive ketones (excluding diaryl/α,β-unsaturated/α-hetero) is 1.